The van der Waals surface area contributed by atoms with Crippen molar-refractivity contribution in [1.29, 1.82) is 0 Å². The van der Waals surface area contributed by atoms with Crippen molar-refractivity contribution in [2.75, 3.05) is 6.54 Å². The average molecular weight is 298 g/mol. The predicted molar refractivity (Wildman–Crippen MR) is 82.9 cm³/mol. The summed E-state index contributed by atoms with van der Waals surface area (Å²) in [4.78, 5) is 0.295. The molecule has 3 N–H and O–H groups in total. The molecule has 0 bridgehead atoms. The highest BCUT2D eigenvalue weighted by molar-refractivity contribution is 7.89. The normalized spacial score (nSPS) is 13.7. The van der Waals surface area contributed by atoms with Crippen molar-refractivity contribution in [3.63, 3.8) is 0 Å². The van der Waals surface area contributed by atoms with Gasteiger partial charge in [0.1, 0.15) is 0 Å². The van der Waals surface area contributed by atoms with Gasteiger partial charge in [-0.05, 0) is 42.9 Å². The van der Waals surface area contributed by atoms with E-state index < -0.39 is 10.0 Å². The fourth-order valence-corrected chi connectivity index (χ4v) is 3.08. The Morgan fingerprint density at radius 2 is 2.00 bits per heavy atom. The Hall–Kier alpha value is -0.910. The van der Waals surface area contributed by atoms with Crippen molar-refractivity contribution in [2.24, 2.45) is 11.7 Å². The summed E-state index contributed by atoms with van der Waals surface area (Å²) in [6.07, 6.45) is 2.65. The highest BCUT2D eigenvalue weighted by Crippen LogP contribution is 2.18. The van der Waals surface area contributed by atoms with Crippen molar-refractivity contribution in [3.8, 4) is 0 Å². The molecule has 0 saturated heterocycles. The Labute approximate surface area is 122 Å². The zero-order valence-electron chi connectivity index (χ0n) is 12.6. The number of sulfonamides is 1. The Morgan fingerprint density at radius 1 is 1.30 bits per heavy atom. The maximum absolute atomic E-state index is 12.2. The molecule has 0 spiro atoms. The van der Waals surface area contributed by atoms with E-state index in [2.05, 4.69) is 18.6 Å². The molecule has 0 aliphatic heterocycles. The first-order chi connectivity index (χ1) is 9.36. The van der Waals surface area contributed by atoms with Crippen LogP contribution in [-0.4, -0.2) is 15.0 Å². The van der Waals surface area contributed by atoms with E-state index in [1.807, 2.05) is 13.0 Å². The molecule has 114 valence electrons. The summed E-state index contributed by atoms with van der Waals surface area (Å²) in [7, 11) is -3.43. The van der Waals surface area contributed by atoms with Gasteiger partial charge in [-0.1, -0.05) is 32.9 Å². The Kier molecular flexibility index (Phi) is 6.65. The molecular formula is C15H26N2O2S. The lowest BCUT2D eigenvalue weighted by atomic mass is 10.1. The lowest BCUT2D eigenvalue weighted by Gasteiger charge is -2.12. The molecule has 5 heteroatoms. The van der Waals surface area contributed by atoms with Crippen LogP contribution in [0.15, 0.2) is 29.2 Å². The van der Waals surface area contributed by atoms with Crippen LogP contribution < -0.4 is 10.5 Å². The van der Waals surface area contributed by atoms with Crippen LogP contribution in [0.4, 0.5) is 0 Å². The van der Waals surface area contributed by atoms with E-state index in [9.17, 15) is 8.42 Å². The van der Waals surface area contributed by atoms with Crippen LogP contribution in [0.3, 0.4) is 0 Å². The van der Waals surface area contributed by atoms with Crippen molar-refractivity contribution in [1.82, 2.24) is 4.72 Å². The van der Waals surface area contributed by atoms with E-state index in [0.29, 0.717) is 17.4 Å². The number of benzene rings is 1. The fourth-order valence-electron chi connectivity index (χ4n) is 1.95. The number of rotatable bonds is 8. The van der Waals surface area contributed by atoms with Crippen molar-refractivity contribution >= 4 is 10.0 Å². The highest BCUT2D eigenvalue weighted by Gasteiger charge is 2.15. The number of hydrogen-bond donors (Lipinski definition) is 2. The van der Waals surface area contributed by atoms with Crippen LogP contribution >= 0.6 is 0 Å². The minimum Gasteiger partial charge on any atom is -0.324 e. The van der Waals surface area contributed by atoms with Gasteiger partial charge in [0, 0.05) is 12.6 Å². The fraction of sp³-hybridized carbons (Fsp3) is 0.600. The van der Waals surface area contributed by atoms with Crippen LogP contribution in [0.25, 0.3) is 0 Å². The molecule has 0 saturated carbocycles. The van der Waals surface area contributed by atoms with E-state index in [1.54, 1.807) is 18.2 Å². The second-order valence-electron chi connectivity index (χ2n) is 5.52. The first-order valence-electron chi connectivity index (χ1n) is 7.22. The summed E-state index contributed by atoms with van der Waals surface area (Å²) in [6.45, 7) is 6.72. The summed E-state index contributed by atoms with van der Waals surface area (Å²) >= 11 is 0. The number of hydrogen-bond acceptors (Lipinski definition) is 3. The summed E-state index contributed by atoms with van der Waals surface area (Å²) in [5.41, 5.74) is 6.80. The zero-order valence-corrected chi connectivity index (χ0v) is 13.4. The Bertz CT molecular complexity index is 512. The molecule has 0 amide bonds. The molecule has 20 heavy (non-hydrogen) atoms. The van der Waals surface area contributed by atoms with Gasteiger partial charge in [0.05, 0.1) is 4.90 Å². The van der Waals surface area contributed by atoms with E-state index in [-0.39, 0.29) is 6.04 Å². The third-order valence-electron chi connectivity index (χ3n) is 3.29. The molecule has 0 aromatic heterocycles. The van der Waals surface area contributed by atoms with E-state index >= 15 is 0 Å². The van der Waals surface area contributed by atoms with Gasteiger partial charge in [-0.3, -0.25) is 0 Å². The summed E-state index contributed by atoms with van der Waals surface area (Å²) < 4.78 is 27.0. The molecule has 0 aliphatic carbocycles. The van der Waals surface area contributed by atoms with Crippen molar-refractivity contribution in [3.05, 3.63) is 29.8 Å². The SMILES string of the molecule is CCC(N)c1cccc(S(=O)(=O)NCCCC(C)C)c1. The van der Waals surface area contributed by atoms with Crippen LogP contribution in [0.1, 0.15) is 51.6 Å². The van der Waals surface area contributed by atoms with Crippen LogP contribution in [0.2, 0.25) is 0 Å². The van der Waals surface area contributed by atoms with Gasteiger partial charge in [-0.2, -0.15) is 0 Å². The molecule has 0 heterocycles. The minimum absolute atomic E-state index is 0.119. The third kappa shape index (κ3) is 5.23. The van der Waals surface area contributed by atoms with Gasteiger partial charge in [-0.15, -0.1) is 0 Å². The first-order valence-corrected chi connectivity index (χ1v) is 8.70. The minimum atomic E-state index is -3.43. The second kappa shape index (κ2) is 7.76. The van der Waals surface area contributed by atoms with Gasteiger partial charge < -0.3 is 5.73 Å². The van der Waals surface area contributed by atoms with Gasteiger partial charge in [0.2, 0.25) is 10.0 Å². The first kappa shape index (κ1) is 17.1. The predicted octanol–water partition coefficient (Wildman–Crippen LogP) is 2.81. The molecule has 1 atom stereocenters. The maximum atomic E-state index is 12.2. The Morgan fingerprint density at radius 3 is 2.60 bits per heavy atom. The third-order valence-corrected chi connectivity index (χ3v) is 4.75. The molecule has 1 rings (SSSR count). The molecule has 0 radical (unpaired) electrons. The topological polar surface area (TPSA) is 72.2 Å². The molecule has 4 nitrogen and oxygen atoms in total. The molecule has 0 fully saturated rings. The molecule has 1 aromatic rings. The molecule has 1 aromatic carbocycles. The maximum Gasteiger partial charge on any atom is 0.240 e. The lowest BCUT2D eigenvalue weighted by molar-refractivity contribution is 0.539. The van der Waals surface area contributed by atoms with E-state index in [1.165, 1.54) is 0 Å². The number of nitrogens with two attached hydrogens (primary N) is 1. The smallest absolute Gasteiger partial charge is 0.240 e. The summed E-state index contributed by atoms with van der Waals surface area (Å²) in [6, 6.07) is 6.76. The lowest BCUT2D eigenvalue weighted by Crippen LogP contribution is -2.25. The van der Waals surface area contributed by atoms with Crippen LogP contribution in [0, 0.1) is 5.92 Å². The monoisotopic (exact) mass is 298 g/mol. The Balaban J connectivity index is 2.72. The standard InChI is InChI=1S/C15H26N2O2S/c1-4-15(16)13-8-5-9-14(11-13)20(18,19)17-10-6-7-12(2)3/h5,8-9,11-12,15,17H,4,6-7,10,16H2,1-3H3. The van der Waals surface area contributed by atoms with Crippen LogP contribution in [0.5, 0.6) is 0 Å². The quantitative estimate of drug-likeness (QED) is 0.725. The van der Waals surface area contributed by atoms with E-state index in [4.69, 9.17) is 5.73 Å². The van der Waals surface area contributed by atoms with Gasteiger partial charge in [0.25, 0.3) is 0 Å². The molecule has 1 unspecified atom stereocenters. The zero-order chi connectivity index (χ0) is 15.2. The largest absolute Gasteiger partial charge is 0.324 e. The summed E-state index contributed by atoms with van der Waals surface area (Å²) in [5.74, 6) is 0.588. The number of nitrogens with one attached hydrogen (secondary N) is 1. The second-order valence-corrected chi connectivity index (χ2v) is 7.29. The molecular weight excluding hydrogens is 272 g/mol. The van der Waals surface area contributed by atoms with Gasteiger partial charge in [0.15, 0.2) is 0 Å². The van der Waals surface area contributed by atoms with Gasteiger partial charge in [-0.25, -0.2) is 13.1 Å². The van der Waals surface area contributed by atoms with Gasteiger partial charge >= 0.3 is 0 Å². The summed E-state index contributed by atoms with van der Waals surface area (Å²) in [5, 5.41) is 0. The average Bonchev–Trinajstić information content (AvgIpc) is 2.42. The van der Waals surface area contributed by atoms with Crippen LogP contribution in [-0.2, 0) is 10.0 Å². The molecule has 0 aliphatic rings. The van der Waals surface area contributed by atoms with Crippen molar-refractivity contribution < 1.29 is 8.42 Å². The highest BCUT2D eigenvalue weighted by atomic mass is 32.2. The van der Waals surface area contributed by atoms with Crippen molar-refractivity contribution in [2.45, 2.75) is 51.0 Å². The van der Waals surface area contributed by atoms with E-state index in [0.717, 1.165) is 24.8 Å².